The monoisotopic (exact) mass is 185 g/mol. The van der Waals surface area contributed by atoms with Crippen LogP contribution in [0.15, 0.2) is 12.1 Å². The number of nitrogens with two attached hydrogens (primary N) is 1. The molecule has 64 valence electrons. The van der Waals surface area contributed by atoms with Gasteiger partial charge in [-0.05, 0) is 0 Å². The number of hydrogen-bond acceptors (Lipinski definition) is 4. The Morgan fingerprint density at radius 3 is 1.92 bits per heavy atom. The van der Waals surface area contributed by atoms with Gasteiger partial charge in [-0.15, -0.1) is 0 Å². The molecule has 0 aromatic heterocycles. The number of phenolic OH excluding ortho intramolecular Hbond substituents is 3. The first-order valence-electron chi connectivity index (χ1n) is 3.07. The van der Waals surface area contributed by atoms with E-state index in [2.05, 4.69) is 12.2 Å². The van der Waals surface area contributed by atoms with E-state index < -0.39 is 0 Å². The highest BCUT2D eigenvalue weighted by molar-refractivity contribution is 7.80. The Kier molecular flexibility index (Phi) is 2.05. The van der Waals surface area contributed by atoms with Gasteiger partial charge in [-0.2, -0.15) is 0 Å². The highest BCUT2D eigenvalue weighted by Crippen LogP contribution is 2.31. The van der Waals surface area contributed by atoms with E-state index in [-0.39, 0.29) is 27.8 Å². The summed E-state index contributed by atoms with van der Waals surface area (Å²) in [6, 6.07) is 2.10. The van der Waals surface area contributed by atoms with Crippen LogP contribution in [0.5, 0.6) is 17.2 Å². The van der Waals surface area contributed by atoms with E-state index in [4.69, 9.17) is 21.1 Å². The molecule has 0 aliphatic rings. The normalized spacial score (nSPS) is 9.67. The Labute approximate surface area is 73.9 Å². The summed E-state index contributed by atoms with van der Waals surface area (Å²) in [6.07, 6.45) is 0. The lowest BCUT2D eigenvalue weighted by atomic mass is 10.1. The number of phenols is 3. The molecule has 5 N–H and O–H groups in total. The third-order valence-electron chi connectivity index (χ3n) is 1.33. The molecule has 1 rings (SSSR count). The zero-order valence-corrected chi connectivity index (χ0v) is 6.80. The largest absolute Gasteiger partial charge is 0.508 e. The maximum Gasteiger partial charge on any atom is 0.133 e. The van der Waals surface area contributed by atoms with E-state index >= 15 is 0 Å². The minimum atomic E-state index is -0.333. The topological polar surface area (TPSA) is 86.7 Å². The molecule has 0 amide bonds. The van der Waals surface area contributed by atoms with Gasteiger partial charge in [-0.1, -0.05) is 12.2 Å². The van der Waals surface area contributed by atoms with Gasteiger partial charge in [0, 0.05) is 12.1 Å². The van der Waals surface area contributed by atoms with Crippen molar-refractivity contribution < 1.29 is 15.3 Å². The molecule has 0 saturated heterocycles. The van der Waals surface area contributed by atoms with Gasteiger partial charge in [0.05, 0.1) is 5.56 Å². The molecule has 0 unspecified atom stereocenters. The molecular weight excluding hydrogens is 178 g/mol. The lowest BCUT2D eigenvalue weighted by Gasteiger charge is -2.05. The van der Waals surface area contributed by atoms with Crippen LogP contribution < -0.4 is 5.73 Å². The average Bonchev–Trinajstić information content (AvgIpc) is 1.82. The second-order valence-corrected chi connectivity index (χ2v) is 2.66. The Balaban J connectivity index is 3.38. The molecule has 0 aliphatic carbocycles. The Morgan fingerprint density at radius 1 is 1.17 bits per heavy atom. The summed E-state index contributed by atoms with van der Waals surface area (Å²) in [4.78, 5) is -0.120. The van der Waals surface area contributed by atoms with Gasteiger partial charge in [-0.25, -0.2) is 0 Å². The van der Waals surface area contributed by atoms with E-state index in [1.807, 2.05) is 0 Å². The zero-order valence-electron chi connectivity index (χ0n) is 5.98. The molecule has 0 bridgehead atoms. The van der Waals surface area contributed by atoms with E-state index in [9.17, 15) is 0 Å². The Hall–Kier alpha value is -1.49. The highest BCUT2D eigenvalue weighted by atomic mass is 32.1. The van der Waals surface area contributed by atoms with Crippen molar-refractivity contribution >= 4 is 17.2 Å². The van der Waals surface area contributed by atoms with Gasteiger partial charge in [0.25, 0.3) is 0 Å². The van der Waals surface area contributed by atoms with Crippen LogP contribution in [-0.4, -0.2) is 20.3 Å². The predicted molar refractivity (Wildman–Crippen MR) is 47.3 cm³/mol. The predicted octanol–water partition coefficient (Wildman–Crippen LogP) is 0.438. The van der Waals surface area contributed by atoms with Crippen LogP contribution in [0, 0.1) is 0 Å². The molecule has 0 atom stereocenters. The van der Waals surface area contributed by atoms with Crippen molar-refractivity contribution in [2.45, 2.75) is 0 Å². The molecule has 1 aromatic carbocycles. The minimum Gasteiger partial charge on any atom is -0.508 e. The number of aromatic hydroxyl groups is 3. The molecule has 12 heavy (non-hydrogen) atoms. The van der Waals surface area contributed by atoms with Gasteiger partial charge >= 0.3 is 0 Å². The van der Waals surface area contributed by atoms with Gasteiger partial charge in [0.2, 0.25) is 0 Å². The van der Waals surface area contributed by atoms with Crippen LogP contribution in [0.3, 0.4) is 0 Å². The molecule has 0 spiro atoms. The summed E-state index contributed by atoms with van der Waals surface area (Å²) < 4.78 is 0. The van der Waals surface area contributed by atoms with Crippen LogP contribution in [0.2, 0.25) is 0 Å². The van der Waals surface area contributed by atoms with Crippen molar-refractivity contribution in [3.05, 3.63) is 17.7 Å². The lowest BCUT2D eigenvalue weighted by Crippen LogP contribution is -2.09. The fraction of sp³-hybridized carbons (Fsp3) is 0. The maximum absolute atomic E-state index is 9.16. The third-order valence-corrected chi connectivity index (χ3v) is 1.53. The summed E-state index contributed by atoms with van der Waals surface area (Å²) in [5.74, 6) is -0.912. The quantitative estimate of drug-likeness (QED) is 0.477. The Morgan fingerprint density at radius 2 is 1.58 bits per heavy atom. The zero-order chi connectivity index (χ0) is 9.30. The van der Waals surface area contributed by atoms with Crippen molar-refractivity contribution in [1.82, 2.24) is 0 Å². The standard InChI is InChI=1S/C7H7NO3S/c8-7(12)6-4(10)1-3(9)2-5(6)11/h1-2,9-11H,(H2,8,12). The van der Waals surface area contributed by atoms with Gasteiger partial charge in [0.1, 0.15) is 22.2 Å². The van der Waals surface area contributed by atoms with E-state index in [1.165, 1.54) is 0 Å². The Bertz CT molecular complexity index is 314. The number of rotatable bonds is 1. The van der Waals surface area contributed by atoms with Crippen LogP contribution in [0.4, 0.5) is 0 Å². The first-order chi connectivity index (χ1) is 5.52. The average molecular weight is 185 g/mol. The fourth-order valence-electron chi connectivity index (χ4n) is 0.850. The summed E-state index contributed by atoms with van der Waals surface area (Å²) in [5.41, 5.74) is 5.17. The third kappa shape index (κ3) is 1.40. The van der Waals surface area contributed by atoms with E-state index in [0.717, 1.165) is 12.1 Å². The molecule has 1 aromatic rings. The molecule has 0 fully saturated rings. The summed E-state index contributed by atoms with van der Waals surface area (Å²) >= 11 is 4.56. The SMILES string of the molecule is NC(=S)c1c(O)cc(O)cc1O. The summed E-state index contributed by atoms with van der Waals surface area (Å²) in [5, 5.41) is 27.2. The lowest BCUT2D eigenvalue weighted by molar-refractivity contribution is 0.426. The van der Waals surface area contributed by atoms with Gasteiger partial charge in [-0.3, -0.25) is 0 Å². The minimum absolute atomic E-state index is 0.0252. The van der Waals surface area contributed by atoms with E-state index in [0.29, 0.717) is 0 Å². The van der Waals surface area contributed by atoms with Crippen LogP contribution in [0.25, 0.3) is 0 Å². The van der Waals surface area contributed by atoms with Crippen LogP contribution in [-0.2, 0) is 0 Å². The van der Waals surface area contributed by atoms with Crippen molar-refractivity contribution in [3.8, 4) is 17.2 Å². The van der Waals surface area contributed by atoms with Crippen molar-refractivity contribution in [1.29, 1.82) is 0 Å². The molecule has 0 radical (unpaired) electrons. The summed E-state index contributed by atoms with van der Waals surface area (Å²) in [6.45, 7) is 0. The number of hydrogen-bond donors (Lipinski definition) is 4. The molecule has 0 heterocycles. The second-order valence-electron chi connectivity index (χ2n) is 2.22. The first kappa shape index (κ1) is 8.61. The molecular formula is C7H7NO3S. The molecule has 5 heteroatoms. The van der Waals surface area contributed by atoms with Gasteiger partial charge < -0.3 is 21.1 Å². The number of thiocarbonyl (C=S) groups is 1. The van der Waals surface area contributed by atoms with E-state index in [1.54, 1.807) is 0 Å². The molecule has 0 aliphatic heterocycles. The number of benzene rings is 1. The molecule has 0 saturated carbocycles. The second kappa shape index (κ2) is 2.86. The smallest absolute Gasteiger partial charge is 0.133 e. The van der Waals surface area contributed by atoms with Crippen LogP contribution in [0.1, 0.15) is 5.56 Å². The maximum atomic E-state index is 9.16. The van der Waals surface area contributed by atoms with Crippen molar-refractivity contribution in [2.24, 2.45) is 5.73 Å². The van der Waals surface area contributed by atoms with Crippen molar-refractivity contribution in [3.63, 3.8) is 0 Å². The van der Waals surface area contributed by atoms with Gasteiger partial charge in [0.15, 0.2) is 0 Å². The fourth-order valence-corrected chi connectivity index (χ4v) is 1.06. The van der Waals surface area contributed by atoms with Crippen molar-refractivity contribution in [2.75, 3.05) is 0 Å². The molecule has 4 nitrogen and oxygen atoms in total. The first-order valence-corrected chi connectivity index (χ1v) is 3.48. The van der Waals surface area contributed by atoms with Crippen LogP contribution >= 0.6 is 12.2 Å². The highest BCUT2D eigenvalue weighted by Gasteiger charge is 2.11. The summed E-state index contributed by atoms with van der Waals surface area (Å²) in [7, 11) is 0.